The third-order valence-electron chi connectivity index (χ3n) is 3.26. The Hall–Kier alpha value is -1.75. The molecule has 0 atom stereocenters. The summed E-state index contributed by atoms with van der Waals surface area (Å²) in [6.45, 7) is 0.654. The molecule has 1 saturated carbocycles. The summed E-state index contributed by atoms with van der Waals surface area (Å²) in [7, 11) is 1.60. The molecule has 0 aromatic heterocycles. The van der Waals surface area contributed by atoms with Crippen LogP contribution in [0.3, 0.4) is 0 Å². The van der Waals surface area contributed by atoms with E-state index in [1.807, 2.05) is 0 Å². The number of rotatable bonds is 5. The highest BCUT2D eigenvalue weighted by Crippen LogP contribution is 2.44. The van der Waals surface area contributed by atoms with Gasteiger partial charge in [0.2, 0.25) is 0 Å². The number of nitrogens with one attached hydrogen (secondary N) is 2. The van der Waals surface area contributed by atoms with E-state index in [0.717, 1.165) is 18.6 Å². The van der Waals surface area contributed by atoms with Crippen LogP contribution in [0.2, 0.25) is 0 Å². The number of hydrogen-bond acceptors (Lipinski definition) is 3. The standard InChI is InChI=1S/C13H18N2O3/c1-18-11-4-2-10(3-5-11)15-12(17)14-8-13(9-16)6-7-13/h2-5,16H,6-9H2,1H3,(H2,14,15,17). The van der Waals surface area contributed by atoms with Crippen LogP contribution in [0.1, 0.15) is 12.8 Å². The lowest BCUT2D eigenvalue weighted by Crippen LogP contribution is -2.35. The van der Waals surface area contributed by atoms with E-state index in [9.17, 15) is 4.79 Å². The van der Waals surface area contributed by atoms with Crippen LogP contribution in [0, 0.1) is 5.41 Å². The van der Waals surface area contributed by atoms with Crippen LogP contribution in [0.15, 0.2) is 24.3 Å². The van der Waals surface area contributed by atoms with Crippen molar-refractivity contribution >= 4 is 11.7 Å². The van der Waals surface area contributed by atoms with E-state index in [-0.39, 0.29) is 18.1 Å². The first-order chi connectivity index (χ1) is 8.67. The van der Waals surface area contributed by atoms with Gasteiger partial charge in [-0.15, -0.1) is 0 Å². The maximum Gasteiger partial charge on any atom is 0.319 e. The maximum atomic E-state index is 11.6. The summed E-state index contributed by atoms with van der Waals surface area (Å²) in [5, 5.41) is 14.6. The highest BCUT2D eigenvalue weighted by molar-refractivity contribution is 5.89. The third-order valence-corrected chi connectivity index (χ3v) is 3.26. The molecule has 1 aromatic carbocycles. The molecule has 3 N–H and O–H groups in total. The van der Waals surface area contributed by atoms with E-state index in [1.165, 1.54) is 0 Å². The first-order valence-corrected chi connectivity index (χ1v) is 5.97. The first kappa shape index (κ1) is 12.7. The van der Waals surface area contributed by atoms with E-state index in [0.29, 0.717) is 12.2 Å². The summed E-state index contributed by atoms with van der Waals surface area (Å²) >= 11 is 0. The van der Waals surface area contributed by atoms with Gasteiger partial charge in [-0.25, -0.2) is 4.79 Å². The molecule has 0 bridgehead atoms. The number of aliphatic hydroxyl groups is 1. The largest absolute Gasteiger partial charge is 0.497 e. The van der Waals surface area contributed by atoms with Crippen molar-refractivity contribution in [3.8, 4) is 5.75 Å². The number of carbonyl (C=O) groups excluding carboxylic acids is 1. The molecule has 1 aromatic rings. The number of carbonyl (C=O) groups is 1. The van der Waals surface area contributed by atoms with E-state index in [2.05, 4.69) is 10.6 Å². The van der Waals surface area contributed by atoms with Gasteiger partial charge >= 0.3 is 6.03 Å². The summed E-state index contributed by atoms with van der Waals surface area (Å²) in [5.41, 5.74) is 0.638. The molecule has 2 rings (SSSR count). The highest BCUT2D eigenvalue weighted by Gasteiger charge is 2.42. The molecular formula is C13H18N2O3. The van der Waals surface area contributed by atoms with Crippen LogP contribution in [0.25, 0.3) is 0 Å². The number of ether oxygens (including phenoxy) is 1. The van der Waals surface area contributed by atoms with Crippen molar-refractivity contribution in [3.63, 3.8) is 0 Å². The zero-order valence-corrected chi connectivity index (χ0v) is 10.4. The number of aliphatic hydroxyl groups excluding tert-OH is 1. The zero-order valence-electron chi connectivity index (χ0n) is 10.4. The SMILES string of the molecule is COc1ccc(NC(=O)NCC2(CO)CC2)cc1. The molecule has 0 radical (unpaired) electrons. The molecule has 0 spiro atoms. The Kier molecular flexibility index (Phi) is 3.72. The van der Waals surface area contributed by atoms with Crippen LogP contribution >= 0.6 is 0 Å². The third kappa shape index (κ3) is 3.13. The number of anilines is 1. The van der Waals surface area contributed by atoms with Gasteiger partial charge in [-0.1, -0.05) is 0 Å². The minimum absolute atomic E-state index is 0.0722. The Balaban J connectivity index is 1.79. The Morgan fingerprint density at radius 3 is 2.56 bits per heavy atom. The lowest BCUT2D eigenvalue weighted by atomic mass is 10.1. The van der Waals surface area contributed by atoms with Gasteiger partial charge in [0, 0.05) is 17.6 Å². The predicted octanol–water partition coefficient (Wildman–Crippen LogP) is 1.59. The lowest BCUT2D eigenvalue weighted by molar-refractivity contribution is 0.206. The summed E-state index contributed by atoms with van der Waals surface area (Å²) in [6.07, 6.45) is 1.96. The number of hydrogen-bond donors (Lipinski definition) is 3. The normalized spacial score (nSPS) is 15.9. The van der Waals surface area contributed by atoms with Crippen molar-refractivity contribution < 1.29 is 14.6 Å². The molecule has 98 valence electrons. The smallest absolute Gasteiger partial charge is 0.319 e. The van der Waals surface area contributed by atoms with Crippen LogP contribution in [-0.2, 0) is 0 Å². The number of urea groups is 1. The van der Waals surface area contributed by atoms with Crippen LogP contribution in [0.5, 0.6) is 5.75 Å². The molecule has 5 heteroatoms. The fraction of sp³-hybridized carbons (Fsp3) is 0.462. The van der Waals surface area contributed by atoms with Gasteiger partial charge in [0.15, 0.2) is 0 Å². The molecule has 0 aliphatic heterocycles. The number of methoxy groups -OCH3 is 1. The summed E-state index contributed by atoms with van der Waals surface area (Å²) in [6, 6.07) is 6.87. The lowest BCUT2D eigenvalue weighted by Gasteiger charge is -2.13. The van der Waals surface area contributed by atoms with Crippen molar-refractivity contribution in [2.45, 2.75) is 12.8 Å². The fourth-order valence-electron chi connectivity index (χ4n) is 1.68. The van der Waals surface area contributed by atoms with Gasteiger partial charge in [-0.3, -0.25) is 0 Å². The van der Waals surface area contributed by atoms with Crippen molar-refractivity contribution in [3.05, 3.63) is 24.3 Å². The van der Waals surface area contributed by atoms with Crippen molar-refractivity contribution in [2.24, 2.45) is 5.41 Å². The summed E-state index contributed by atoms with van der Waals surface area (Å²) in [5.74, 6) is 0.748. The Morgan fingerprint density at radius 1 is 1.39 bits per heavy atom. The van der Waals surface area contributed by atoms with Crippen LogP contribution < -0.4 is 15.4 Å². The summed E-state index contributed by atoms with van der Waals surface area (Å²) in [4.78, 5) is 11.6. The van der Waals surface area contributed by atoms with E-state index in [1.54, 1.807) is 31.4 Å². The van der Waals surface area contributed by atoms with Gasteiger partial charge < -0.3 is 20.5 Å². The van der Waals surface area contributed by atoms with Gasteiger partial charge in [-0.2, -0.15) is 0 Å². The monoisotopic (exact) mass is 250 g/mol. The van der Waals surface area contributed by atoms with Gasteiger partial charge in [-0.05, 0) is 37.1 Å². The second-order valence-electron chi connectivity index (χ2n) is 4.69. The minimum Gasteiger partial charge on any atom is -0.497 e. The van der Waals surface area contributed by atoms with Crippen molar-refractivity contribution in [1.29, 1.82) is 0 Å². The Bertz CT molecular complexity index is 413. The molecule has 5 nitrogen and oxygen atoms in total. The van der Waals surface area contributed by atoms with E-state index in [4.69, 9.17) is 9.84 Å². The van der Waals surface area contributed by atoms with Gasteiger partial charge in [0.25, 0.3) is 0 Å². The van der Waals surface area contributed by atoms with E-state index < -0.39 is 0 Å². The van der Waals surface area contributed by atoms with Crippen LogP contribution in [-0.4, -0.2) is 31.4 Å². The molecule has 1 aliphatic carbocycles. The van der Waals surface area contributed by atoms with Crippen molar-refractivity contribution in [2.75, 3.05) is 25.6 Å². The molecule has 18 heavy (non-hydrogen) atoms. The van der Waals surface area contributed by atoms with Crippen LogP contribution in [0.4, 0.5) is 10.5 Å². The second-order valence-corrected chi connectivity index (χ2v) is 4.69. The number of amides is 2. The average molecular weight is 250 g/mol. The van der Waals surface area contributed by atoms with Gasteiger partial charge in [0.05, 0.1) is 13.7 Å². The molecule has 0 saturated heterocycles. The molecular weight excluding hydrogens is 232 g/mol. The maximum absolute atomic E-state index is 11.6. The second kappa shape index (κ2) is 5.27. The number of benzene rings is 1. The molecule has 2 amide bonds. The Morgan fingerprint density at radius 2 is 2.06 bits per heavy atom. The summed E-state index contributed by atoms with van der Waals surface area (Å²) < 4.78 is 5.03. The molecule has 1 aliphatic rings. The molecule has 0 heterocycles. The average Bonchev–Trinajstić information content (AvgIpc) is 3.18. The zero-order chi connectivity index (χ0) is 13.0. The minimum atomic E-state index is -0.250. The molecule has 1 fully saturated rings. The quantitative estimate of drug-likeness (QED) is 0.743. The van der Waals surface area contributed by atoms with Gasteiger partial charge in [0.1, 0.15) is 5.75 Å². The van der Waals surface area contributed by atoms with E-state index >= 15 is 0 Å². The topological polar surface area (TPSA) is 70.6 Å². The Labute approximate surface area is 106 Å². The van der Waals surface area contributed by atoms with Crippen molar-refractivity contribution in [1.82, 2.24) is 5.32 Å². The predicted molar refractivity (Wildman–Crippen MR) is 68.8 cm³/mol. The molecule has 0 unspecified atom stereocenters. The fourth-order valence-corrected chi connectivity index (χ4v) is 1.68. The first-order valence-electron chi connectivity index (χ1n) is 5.97. The highest BCUT2D eigenvalue weighted by atomic mass is 16.5.